The molecule has 0 radical (unpaired) electrons. The van der Waals surface area contributed by atoms with Gasteiger partial charge in [-0.2, -0.15) is 0 Å². The van der Waals surface area contributed by atoms with E-state index < -0.39 is 0 Å². The van der Waals surface area contributed by atoms with Gasteiger partial charge in [-0.05, 0) is 52.2 Å². The van der Waals surface area contributed by atoms with Crippen LogP contribution in [0.25, 0.3) is 0 Å². The molecular weight excluding hydrogens is 420 g/mol. The summed E-state index contributed by atoms with van der Waals surface area (Å²) in [5, 5.41) is 0. The summed E-state index contributed by atoms with van der Waals surface area (Å²) in [4.78, 5) is 1.33. The minimum absolute atomic E-state index is 0.0637. The molecule has 0 bridgehead atoms. The van der Waals surface area contributed by atoms with Gasteiger partial charge in [0, 0.05) is 4.88 Å². The Morgan fingerprint density at radius 1 is 1.00 bits per heavy atom. The van der Waals surface area contributed by atoms with E-state index in [0.717, 1.165) is 9.35 Å². The van der Waals surface area contributed by atoms with Crippen molar-refractivity contribution in [1.29, 1.82) is 0 Å². The molecule has 0 spiro atoms. The lowest BCUT2D eigenvalue weighted by Gasteiger charge is -2.17. The average Bonchev–Trinajstić information content (AvgIpc) is 2.83. The Hall–Kier alpha value is -0.720. The van der Waals surface area contributed by atoms with E-state index in [-0.39, 0.29) is 4.83 Å². The Kier molecular flexibility index (Phi) is 5.57. The molecule has 0 aliphatic heterocycles. The fraction of sp³-hybridized carbons (Fsp3) is 0.333. The second-order valence-corrected chi connectivity index (χ2v) is 7.93. The number of aryl methyl sites for hydroxylation is 1. The summed E-state index contributed by atoms with van der Waals surface area (Å²) in [5.74, 6) is 1.91. The van der Waals surface area contributed by atoms with E-state index in [1.807, 2.05) is 12.1 Å². The van der Waals surface area contributed by atoms with Crippen LogP contribution in [0.1, 0.15) is 20.8 Å². The van der Waals surface area contributed by atoms with Gasteiger partial charge in [0.15, 0.2) is 11.5 Å². The number of benzene rings is 1. The zero-order valence-electron chi connectivity index (χ0n) is 12.2. The van der Waals surface area contributed by atoms with Gasteiger partial charge in [-0.1, -0.05) is 15.9 Å². The maximum absolute atomic E-state index is 5.41. The molecule has 0 aliphatic rings. The normalized spacial score (nSPS) is 12.1. The van der Waals surface area contributed by atoms with Crippen molar-refractivity contribution in [1.82, 2.24) is 0 Å². The molecule has 1 aromatic heterocycles. The Bertz CT molecular complexity index is 615. The highest BCUT2D eigenvalue weighted by Gasteiger charge is 2.20. The molecule has 6 heteroatoms. The zero-order chi connectivity index (χ0) is 15.6. The van der Waals surface area contributed by atoms with Gasteiger partial charge in [0.1, 0.15) is 0 Å². The summed E-state index contributed by atoms with van der Waals surface area (Å²) in [6.45, 7) is 2.11. The maximum atomic E-state index is 5.41. The Morgan fingerprint density at radius 2 is 1.57 bits per heavy atom. The first kappa shape index (κ1) is 16.6. The van der Waals surface area contributed by atoms with Gasteiger partial charge in [-0.15, -0.1) is 11.3 Å². The standard InChI is InChI=1S/C15H16Br2O3S/c1-8-10(7-13(16)21-8)14(17)9-5-11(18-2)15(20-4)12(6-9)19-3/h5-7,14H,1-4H3. The van der Waals surface area contributed by atoms with Crippen LogP contribution in [0.15, 0.2) is 22.0 Å². The molecule has 2 rings (SSSR count). The Labute approximate surface area is 145 Å². The lowest BCUT2D eigenvalue weighted by Crippen LogP contribution is -1.99. The third-order valence-corrected chi connectivity index (χ3v) is 5.77. The van der Waals surface area contributed by atoms with E-state index in [0.29, 0.717) is 17.2 Å². The predicted octanol–water partition coefficient (Wildman–Crippen LogP) is 5.33. The van der Waals surface area contributed by atoms with Crippen molar-refractivity contribution in [2.24, 2.45) is 0 Å². The van der Waals surface area contributed by atoms with E-state index in [4.69, 9.17) is 14.2 Å². The van der Waals surface area contributed by atoms with Crippen molar-refractivity contribution in [3.8, 4) is 17.2 Å². The van der Waals surface area contributed by atoms with Crippen LogP contribution in [-0.2, 0) is 0 Å². The SMILES string of the molecule is COc1cc(C(Br)c2cc(Br)sc2C)cc(OC)c1OC. The largest absolute Gasteiger partial charge is 0.493 e. The molecule has 1 unspecified atom stereocenters. The van der Waals surface area contributed by atoms with Crippen LogP contribution in [0.2, 0.25) is 0 Å². The van der Waals surface area contributed by atoms with Crippen molar-refractivity contribution in [2.45, 2.75) is 11.8 Å². The third-order valence-electron chi connectivity index (χ3n) is 3.18. The van der Waals surface area contributed by atoms with Gasteiger partial charge in [-0.25, -0.2) is 0 Å². The number of alkyl halides is 1. The topological polar surface area (TPSA) is 27.7 Å². The monoisotopic (exact) mass is 434 g/mol. The lowest BCUT2D eigenvalue weighted by atomic mass is 10.0. The Morgan fingerprint density at radius 3 is 1.95 bits per heavy atom. The minimum Gasteiger partial charge on any atom is -0.493 e. The van der Waals surface area contributed by atoms with Gasteiger partial charge in [0.2, 0.25) is 5.75 Å². The van der Waals surface area contributed by atoms with Crippen molar-refractivity contribution in [3.05, 3.63) is 38.0 Å². The minimum atomic E-state index is 0.0637. The summed E-state index contributed by atoms with van der Waals surface area (Å²) in [6, 6.07) is 6.06. The molecule has 0 aliphatic carbocycles. The van der Waals surface area contributed by atoms with Crippen molar-refractivity contribution >= 4 is 43.2 Å². The first-order valence-electron chi connectivity index (χ1n) is 6.21. The molecule has 114 valence electrons. The highest BCUT2D eigenvalue weighted by Crippen LogP contribution is 2.44. The lowest BCUT2D eigenvalue weighted by molar-refractivity contribution is 0.324. The molecule has 0 amide bonds. The molecule has 2 aromatic rings. The second kappa shape index (κ2) is 7.03. The zero-order valence-corrected chi connectivity index (χ0v) is 16.2. The highest BCUT2D eigenvalue weighted by molar-refractivity contribution is 9.11. The Balaban J connectivity index is 2.51. The predicted molar refractivity (Wildman–Crippen MR) is 93.6 cm³/mol. The molecule has 1 heterocycles. The van der Waals surface area contributed by atoms with Gasteiger partial charge in [-0.3, -0.25) is 0 Å². The van der Waals surface area contributed by atoms with Crippen LogP contribution in [0, 0.1) is 6.92 Å². The maximum Gasteiger partial charge on any atom is 0.203 e. The molecule has 21 heavy (non-hydrogen) atoms. The fourth-order valence-electron chi connectivity index (χ4n) is 2.14. The number of thiophene rings is 1. The average molecular weight is 436 g/mol. The van der Waals surface area contributed by atoms with Crippen LogP contribution in [0.3, 0.4) is 0 Å². The van der Waals surface area contributed by atoms with Crippen LogP contribution < -0.4 is 14.2 Å². The van der Waals surface area contributed by atoms with Gasteiger partial charge < -0.3 is 14.2 Å². The van der Waals surface area contributed by atoms with E-state index in [2.05, 4.69) is 44.8 Å². The summed E-state index contributed by atoms with van der Waals surface area (Å²) in [7, 11) is 4.85. The van der Waals surface area contributed by atoms with E-state index in [1.54, 1.807) is 32.7 Å². The number of halogens is 2. The smallest absolute Gasteiger partial charge is 0.203 e. The van der Waals surface area contributed by atoms with Crippen molar-refractivity contribution in [3.63, 3.8) is 0 Å². The van der Waals surface area contributed by atoms with Crippen LogP contribution in [0.4, 0.5) is 0 Å². The molecule has 0 saturated carbocycles. The van der Waals surface area contributed by atoms with Crippen LogP contribution >= 0.6 is 43.2 Å². The fourth-order valence-corrected chi connectivity index (χ4v) is 4.78. The summed E-state index contributed by atoms with van der Waals surface area (Å²) < 4.78 is 17.3. The highest BCUT2D eigenvalue weighted by atomic mass is 79.9. The van der Waals surface area contributed by atoms with Crippen molar-refractivity contribution < 1.29 is 14.2 Å². The molecule has 0 N–H and O–H groups in total. The van der Waals surface area contributed by atoms with Crippen LogP contribution in [0.5, 0.6) is 17.2 Å². The molecule has 0 saturated heterocycles. The van der Waals surface area contributed by atoms with E-state index in [1.165, 1.54) is 10.4 Å². The van der Waals surface area contributed by atoms with Gasteiger partial charge in [0.25, 0.3) is 0 Å². The number of rotatable bonds is 5. The van der Waals surface area contributed by atoms with Gasteiger partial charge in [0.05, 0.1) is 29.9 Å². The second-order valence-electron chi connectivity index (χ2n) is 4.38. The van der Waals surface area contributed by atoms with E-state index >= 15 is 0 Å². The summed E-state index contributed by atoms with van der Waals surface area (Å²) in [5.41, 5.74) is 2.28. The van der Waals surface area contributed by atoms with E-state index in [9.17, 15) is 0 Å². The molecule has 1 aromatic carbocycles. The molecule has 0 fully saturated rings. The van der Waals surface area contributed by atoms with Crippen LogP contribution in [-0.4, -0.2) is 21.3 Å². The number of hydrogen-bond acceptors (Lipinski definition) is 4. The number of ether oxygens (including phenoxy) is 3. The summed E-state index contributed by atoms with van der Waals surface area (Å²) >= 11 is 9.02. The molecule has 3 nitrogen and oxygen atoms in total. The number of hydrogen-bond donors (Lipinski definition) is 0. The first-order chi connectivity index (χ1) is 10.0. The van der Waals surface area contributed by atoms with Crippen molar-refractivity contribution in [2.75, 3.05) is 21.3 Å². The number of methoxy groups -OCH3 is 3. The third kappa shape index (κ3) is 3.38. The quantitative estimate of drug-likeness (QED) is 0.594. The summed E-state index contributed by atoms with van der Waals surface area (Å²) in [6.07, 6.45) is 0. The molecule has 1 atom stereocenters. The van der Waals surface area contributed by atoms with Gasteiger partial charge >= 0.3 is 0 Å². The molecular formula is C15H16Br2O3S. The first-order valence-corrected chi connectivity index (χ1v) is 8.74.